The Morgan fingerprint density at radius 3 is 2.52 bits per heavy atom. The summed E-state index contributed by atoms with van der Waals surface area (Å²) in [7, 11) is -3.76. The quantitative estimate of drug-likeness (QED) is 0.500. The number of likely N-dealkylation sites (tertiary alicyclic amines) is 1. The van der Waals surface area contributed by atoms with Crippen molar-refractivity contribution in [2.45, 2.75) is 56.1 Å². The molecule has 6 nitrogen and oxygen atoms in total. The van der Waals surface area contributed by atoms with Gasteiger partial charge < -0.3 is 5.32 Å². The van der Waals surface area contributed by atoms with E-state index in [4.69, 9.17) is 0 Å². The number of benzene rings is 2. The van der Waals surface area contributed by atoms with Gasteiger partial charge in [0.1, 0.15) is 0 Å². The lowest BCUT2D eigenvalue weighted by molar-refractivity contribution is 0.0801. The number of nitrogens with one attached hydrogen (secondary N) is 2. The third-order valence-corrected chi connectivity index (χ3v) is 8.80. The zero-order valence-electron chi connectivity index (χ0n) is 19.0. The maximum atomic E-state index is 13.3. The number of carbonyl (C=O) groups excluding carboxylic acids is 1. The van der Waals surface area contributed by atoms with Gasteiger partial charge in [0.2, 0.25) is 10.0 Å². The van der Waals surface area contributed by atoms with E-state index in [-0.39, 0.29) is 23.4 Å². The number of fused-ring (bicyclic) bond motifs is 1. The molecular formula is C25H31N3O3S2. The van der Waals surface area contributed by atoms with E-state index < -0.39 is 10.0 Å². The molecule has 0 spiro atoms. The lowest BCUT2D eigenvalue weighted by atomic mass is 9.97. The first-order valence-electron chi connectivity index (χ1n) is 11.4. The molecule has 0 aliphatic carbocycles. The topological polar surface area (TPSA) is 78.5 Å². The molecule has 8 heteroatoms. The SMILES string of the molecule is C[C@@H]1CCC[C@H](C)N1C[C@H](CNS(=O)(=O)c1cccc2ccccc12)NC(=O)c1cccs1. The molecule has 3 atom stereocenters. The fraction of sp³-hybridized carbons (Fsp3) is 0.400. The fourth-order valence-corrected chi connectivity index (χ4v) is 6.57. The molecule has 0 saturated carbocycles. The number of thiophene rings is 1. The molecule has 0 unspecified atom stereocenters. The Hall–Kier alpha value is -2.26. The number of nitrogens with zero attached hydrogens (tertiary/aromatic N) is 1. The van der Waals surface area contributed by atoms with Crippen LogP contribution in [0.4, 0.5) is 0 Å². The van der Waals surface area contributed by atoms with E-state index in [1.807, 2.05) is 41.8 Å². The van der Waals surface area contributed by atoms with Crippen LogP contribution in [0.3, 0.4) is 0 Å². The van der Waals surface area contributed by atoms with Crippen LogP contribution in [0.5, 0.6) is 0 Å². The van der Waals surface area contributed by atoms with E-state index in [2.05, 4.69) is 28.8 Å². The lowest BCUT2D eigenvalue weighted by Crippen LogP contribution is -2.54. The van der Waals surface area contributed by atoms with Crippen LogP contribution in [-0.2, 0) is 10.0 Å². The highest BCUT2D eigenvalue weighted by Gasteiger charge is 2.29. The summed E-state index contributed by atoms with van der Waals surface area (Å²) in [6.45, 7) is 5.12. The molecule has 1 fully saturated rings. The minimum Gasteiger partial charge on any atom is -0.346 e. The summed E-state index contributed by atoms with van der Waals surface area (Å²) < 4.78 is 29.3. The van der Waals surface area contributed by atoms with Crippen molar-refractivity contribution in [3.63, 3.8) is 0 Å². The molecule has 3 aromatic rings. The van der Waals surface area contributed by atoms with Gasteiger partial charge in [-0.15, -0.1) is 11.3 Å². The normalized spacial score (nSPS) is 20.5. The van der Waals surface area contributed by atoms with Gasteiger partial charge in [-0.3, -0.25) is 9.69 Å². The van der Waals surface area contributed by atoms with Gasteiger partial charge in [0, 0.05) is 30.6 Å². The van der Waals surface area contributed by atoms with Crippen molar-refractivity contribution in [1.82, 2.24) is 14.9 Å². The van der Waals surface area contributed by atoms with E-state index in [1.54, 1.807) is 18.2 Å². The number of hydrogen-bond acceptors (Lipinski definition) is 5. The van der Waals surface area contributed by atoms with Gasteiger partial charge in [-0.1, -0.05) is 48.9 Å². The summed E-state index contributed by atoms with van der Waals surface area (Å²) >= 11 is 1.38. The highest BCUT2D eigenvalue weighted by atomic mass is 32.2. The molecule has 176 valence electrons. The van der Waals surface area contributed by atoms with E-state index in [0.29, 0.717) is 28.9 Å². The Morgan fingerprint density at radius 2 is 1.79 bits per heavy atom. The number of sulfonamides is 1. The number of piperidine rings is 1. The Bertz CT molecular complexity index is 1180. The molecule has 2 heterocycles. The molecule has 1 aliphatic heterocycles. The molecule has 1 amide bonds. The molecule has 1 aromatic heterocycles. The Kier molecular flexibility index (Phi) is 7.48. The largest absolute Gasteiger partial charge is 0.346 e. The maximum Gasteiger partial charge on any atom is 0.261 e. The van der Waals surface area contributed by atoms with Crippen LogP contribution in [0.15, 0.2) is 64.9 Å². The van der Waals surface area contributed by atoms with Crippen LogP contribution in [-0.4, -0.2) is 50.4 Å². The Balaban J connectivity index is 1.54. The minimum absolute atomic E-state index is 0.124. The van der Waals surface area contributed by atoms with Gasteiger partial charge in [-0.2, -0.15) is 0 Å². The van der Waals surface area contributed by atoms with Crippen LogP contribution >= 0.6 is 11.3 Å². The van der Waals surface area contributed by atoms with Gasteiger partial charge in [0.15, 0.2) is 0 Å². The molecular weight excluding hydrogens is 454 g/mol. The summed E-state index contributed by atoms with van der Waals surface area (Å²) in [6.07, 6.45) is 3.41. The average molecular weight is 486 g/mol. The predicted molar refractivity (Wildman–Crippen MR) is 134 cm³/mol. The lowest BCUT2D eigenvalue weighted by Gasteiger charge is -2.41. The second-order valence-corrected chi connectivity index (χ2v) is 11.5. The zero-order chi connectivity index (χ0) is 23.4. The molecule has 1 saturated heterocycles. The summed E-state index contributed by atoms with van der Waals surface area (Å²) in [6, 6.07) is 16.8. The molecule has 4 rings (SSSR count). The first-order valence-corrected chi connectivity index (χ1v) is 13.8. The average Bonchev–Trinajstić information content (AvgIpc) is 3.34. The first-order chi connectivity index (χ1) is 15.8. The van der Waals surface area contributed by atoms with Gasteiger partial charge >= 0.3 is 0 Å². The molecule has 33 heavy (non-hydrogen) atoms. The van der Waals surface area contributed by atoms with Crippen LogP contribution in [0.25, 0.3) is 10.8 Å². The van der Waals surface area contributed by atoms with E-state index in [9.17, 15) is 13.2 Å². The predicted octanol–water partition coefficient (Wildman–Crippen LogP) is 4.24. The van der Waals surface area contributed by atoms with Crippen molar-refractivity contribution >= 4 is 38.0 Å². The first kappa shape index (κ1) is 23.9. The minimum atomic E-state index is -3.76. The maximum absolute atomic E-state index is 13.3. The summed E-state index contributed by atoms with van der Waals surface area (Å²) in [5.74, 6) is -0.170. The van der Waals surface area contributed by atoms with Gasteiger partial charge in [0.05, 0.1) is 15.8 Å². The number of hydrogen-bond donors (Lipinski definition) is 2. The summed E-state index contributed by atoms with van der Waals surface area (Å²) in [5, 5.41) is 6.49. The van der Waals surface area contributed by atoms with Crippen LogP contribution in [0.2, 0.25) is 0 Å². The molecule has 1 aliphatic rings. The highest BCUT2D eigenvalue weighted by molar-refractivity contribution is 7.89. The number of carbonyl (C=O) groups is 1. The molecule has 0 bridgehead atoms. The van der Waals surface area contributed by atoms with Crippen LogP contribution < -0.4 is 10.0 Å². The van der Waals surface area contributed by atoms with Crippen molar-refractivity contribution in [2.75, 3.05) is 13.1 Å². The van der Waals surface area contributed by atoms with Crippen LogP contribution in [0.1, 0.15) is 42.8 Å². The standard InChI is InChI=1S/C25H31N3O3S2/c1-18-8-5-9-19(2)28(18)17-21(27-25(29)23-13-7-15-32-23)16-26-33(30,31)24-14-6-11-20-10-3-4-12-22(20)24/h3-4,6-7,10-15,18-19,21,26H,5,8-9,16-17H2,1-2H3,(H,27,29)/t18-,19+,21-/m0/s1. The second-order valence-electron chi connectivity index (χ2n) is 8.80. The van der Waals surface area contributed by atoms with Crippen molar-refractivity contribution < 1.29 is 13.2 Å². The fourth-order valence-electron chi connectivity index (χ4n) is 4.63. The van der Waals surface area contributed by atoms with E-state index in [1.165, 1.54) is 17.8 Å². The van der Waals surface area contributed by atoms with E-state index >= 15 is 0 Å². The van der Waals surface area contributed by atoms with Crippen molar-refractivity contribution in [2.24, 2.45) is 0 Å². The van der Waals surface area contributed by atoms with Crippen molar-refractivity contribution in [3.05, 3.63) is 64.9 Å². The molecule has 2 N–H and O–H groups in total. The van der Waals surface area contributed by atoms with Crippen molar-refractivity contribution in [3.8, 4) is 0 Å². The summed E-state index contributed by atoms with van der Waals surface area (Å²) in [4.78, 5) is 16.1. The third kappa shape index (κ3) is 5.63. The Morgan fingerprint density at radius 1 is 1.06 bits per heavy atom. The van der Waals surface area contributed by atoms with Gasteiger partial charge in [-0.05, 0) is 49.6 Å². The number of rotatable bonds is 8. The van der Waals surface area contributed by atoms with Gasteiger partial charge in [0.25, 0.3) is 5.91 Å². The Labute approximate surface area is 200 Å². The molecule has 2 aromatic carbocycles. The van der Waals surface area contributed by atoms with Gasteiger partial charge in [-0.25, -0.2) is 13.1 Å². The van der Waals surface area contributed by atoms with E-state index in [0.717, 1.165) is 18.2 Å². The van der Waals surface area contributed by atoms with Crippen LogP contribution in [0, 0.1) is 0 Å². The smallest absolute Gasteiger partial charge is 0.261 e. The third-order valence-electron chi connectivity index (χ3n) is 6.45. The molecule has 0 radical (unpaired) electrons. The number of amides is 1. The van der Waals surface area contributed by atoms with Crippen molar-refractivity contribution in [1.29, 1.82) is 0 Å². The second kappa shape index (κ2) is 10.3. The highest BCUT2D eigenvalue weighted by Crippen LogP contribution is 2.24. The zero-order valence-corrected chi connectivity index (χ0v) is 20.7. The summed E-state index contributed by atoms with van der Waals surface area (Å²) in [5.41, 5.74) is 0. The monoisotopic (exact) mass is 485 g/mol.